The lowest BCUT2D eigenvalue weighted by atomic mass is 9.92. The maximum atomic E-state index is 2.48. The fourth-order valence-electron chi connectivity index (χ4n) is 24.7. The molecule has 0 saturated heterocycles. The van der Waals surface area contributed by atoms with Gasteiger partial charge >= 0.3 is 0 Å². The second-order valence-corrected chi connectivity index (χ2v) is 35.8. The van der Waals surface area contributed by atoms with Crippen LogP contribution in [0.25, 0.3) is 198 Å². The molecule has 16 aromatic carbocycles. The Morgan fingerprint density at radius 1 is 0.128 bits per heavy atom. The zero-order chi connectivity index (χ0) is 104. The zero-order valence-electron chi connectivity index (χ0n) is 92.1. The van der Waals surface area contributed by atoms with Crippen molar-refractivity contribution in [1.29, 1.82) is 0 Å². The molecule has 744 valence electrons. The number of fused-ring (bicyclic) bond motifs is 55. The molecule has 0 atom stereocenters. The van der Waals surface area contributed by atoms with Crippen molar-refractivity contribution in [2.75, 3.05) is 0 Å². The standard InChI is InChI=1S/4C30H19N.12C2H6/c1-2-7-21-18(6-1)16-19-11-14-24-25(28(19)21)17-20-12-13-23-22-8-3-4-9-26(22)31-15-5-10-27(31)30(23)29(20)24;1-2-7-20-18(6-1)16-25-21(20)13-14-24-26(25)17-19-11-12-23-22-8-3-4-9-27(22)31-15-5-10-28(31)30(23)29(19)24;1-2-7-21-18(6-1)16-19-11-12-20-17-25-24(29(20)28(19)21)14-13-23-22-8-3-4-9-26(22)31-15-5-10-27(31)30(23)25;1-2-7-21-18(6-1)14-19-15-20-16-27-22(26(20)17-25(19)21)11-12-24-23-8-3-4-9-28(23)31-13-5-10-29(31)30(24)27;12*1-2/h3*1-15H,16-17H2;1-13,15,17H,14,16H2;12*1-2H3. The van der Waals surface area contributed by atoms with Gasteiger partial charge in [-0.05, 0) is 330 Å². The fourth-order valence-corrected chi connectivity index (χ4v) is 24.7. The molecule has 8 aliphatic carbocycles. The van der Waals surface area contributed by atoms with Crippen LogP contribution in [0.4, 0.5) is 0 Å². The predicted octanol–water partition coefficient (Wildman–Crippen LogP) is 41.9. The molecule has 0 fully saturated rings. The number of benzene rings is 16. The molecule has 32 rings (SSSR count). The van der Waals surface area contributed by atoms with Crippen LogP contribution in [0, 0.1) is 0 Å². The average Bonchev–Trinajstić information content (AvgIpc) is 1.45. The van der Waals surface area contributed by atoms with Gasteiger partial charge in [0.05, 0.1) is 44.1 Å². The van der Waals surface area contributed by atoms with Crippen LogP contribution in [-0.2, 0) is 51.4 Å². The van der Waals surface area contributed by atoms with Crippen molar-refractivity contribution in [1.82, 2.24) is 17.6 Å². The Kier molecular flexibility index (Phi) is 32.4. The smallest absolute Gasteiger partial charge is 0.0541 e. The number of aromatic nitrogens is 4. The summed E-state index contributed by atoms with van der Waals surface area (Å²) < 4.78 is 9.44. The number of nitrogens with zero attached hydrogens (tertiary/aromatic N) is 4. The molecule has 0 radical (unpaired) electrons. The highest BCUT2D eigenvalue weighted by Gasteiger charge is 2.36. The molecule has 0 unspecified atom stereocenters. The molecule has 0 aliphatic heterocycles. The van der Waals surface area contributed by atoms with Gasteiger partial charge in [-0.1, -0.05) is 427 Å². The number of pyridine rings is 4. The Morgan fingerprint density at radius 3 is 0.831 bits per heavy atom. The van der Waals surface area contributed by atoms with E-state index >= 15 is 0 Å². The highest BCUT2D eigenvalue weighted by atomic mass is 14.9. The van der Waals surface area contributed by atoms with Crippen LogP contribution in [0.15, 0.2) is 365 Å². The SMILES string of the molecule is CC.CC.CC.CC.CC.CC.CC.CC.CC.CC.CC.CC.c1ccc2c(c1)Cc1c-2ccc2c1Cc1ccc3c4ccccc4n4cccc4c3c1-2.c1ccc2c(c1)Cc1cc3c(cc1-2)-c1ccc2c4ccccc4n4cccc4c2c1C3.c1ccc2c(c1)Cc1ccc3c(c1-2)-c1ccc2c4ccccc4n4cccc4c2c1C3.c1ccc2c(c1)Cc1ccc3c(c1-2)Cc1ccc2c4ccccc4n4cccc4c2c1-3. The van der Waals surface area contributed by atoms with Crippen LogP contribution in [0.3, 0.4) is 0 Å². The number of hydrogen-bond acceptors (Lipinski definition) is 0. The minimum Gasteiger partial charge on any atom is -0.316 e. The summed E-state index contributed by atoms with van der Waals surface area (Å²) in [5, 5.41) is 16.4. The van der Waals surface area contributed by atoms with E-state index in [1.165, 1.54) is 287 Å². The van der Waals surface area contributed by atoms with Crippen molar-refractivity contribution in [3.8, 4) is 89.0 Å². The Labute approximate surface area is 880 Å². The Bertz CT molecular complexity index is 9010. The minimum atomic E-state index is 1.01. The summed E-state index contributed by atoms with van der Waals surface area (Å²) in [6.07, 6.45) is 17.1. The molecular weight excluding hydrogens is 1790 g/mol. The molecule has 148 heavy (non-hydrogen) atoms. The van der Waals surface area contributed by atoms with Crippen molar-refractivity contribution < 1.29 is 0 Å². The van der Waals surface area contributed by atoms with Gasteiger partial charge in [-0.25, -0.2) is 0 Å². The van der Waals surface area contributed by atoms with Crippen LogP contribution in [0.5, 0.6) is 0 Å². The molecule has 24 aromatic rings. The molecule has 0 bridgehead atoms. The van der Waals surface area contributed by atoms with Crippen molar-refractivity contribution in [2.45, 2.75) is 218 Å². The molecule has 0 N–H and O–H groups in total. The van der Waals surface area contributed by atoms with Gasteiger partial charge in [0, 0.05) is 67.9 Å². The summed E-state index contributed by atoms with van der Waals surface area (Å²) >= 11 is 0. The van der Waals surface area contributed by atoms with Gasteiger partial charge in [0.1, 0.15) is 0 Å². The lowest BCUT2D eigenvalue weighted by Crippen LogP contribution is -1.93. The van der Waals surface area contributed by atoms with E-state index in [9.17, 15) is 0 Å². The highest BCUT2D eigenvalue weighted by molar-refractivity contribution is 6.23. The second kappa shape index (κ2) is 46.2. The fraction of sp³-hybridized carbons (Fsp3) is 0.222. The molecule has 0 saturated carbocycles. The van der Waals surface area contributed by atoms with Crippen molar-refractivity contribution in [2.24, 2.45) is 0 Å². The van der Waals surface area contributed by atoms with Gasteiger partial charge in [-0.3, -0.25) is 0 Å². The quantitative estimate of drug-likeness (QED) is 0.135. The summed E-state index contributed by atoms with van der Waals surface area (Å²) in [7, 11) is 0. The van der Waals surface area contributed by atoms with E-state index in [1.807, 2.05) is 166 Å². The lowest BCUT2D eigenvalue weighted by molar-refractivity contribution is 1.16. The van der Waals surface area contributed by atoms with Gasteiger partial charge in [0.2, 0.25) is 0 Å². The number of para-hydroxylation sites is 4. The first-order valence-corrected chi connectivity index (χ1v) is 56.2. The lowest BCUT2D eigenvalue weighted by Gasteiger charge is -2.14. The summed E-state index contributed by atoms with van der Waals surface area (Å²) in [6.45, 7) is 48.0. The van der Waals surface area contributed by atoms with E-state index in [2.05, 4.69) is 382 Å². The molecule has 4 nitrogen and oxygen atoms in total. The van der Waals surface area contributed by atoms with Crippen LogP contribution < -0.4 is 0 Å². The molecule has 8 aromatic heterocycles. The van der Waals surface area contributed by atoms with Crippen LogP contribution >= 0.6 is 0 Å². The van der Waals surface area contributed by atoms with Gasteiger partial charge in [0.25, 0.3) is 0 Å². The maximum absolute atomic E-state index is 2.48. The van der Waals surface area contributed by atoms with Crippen LogP contribution in [-0.4, -0.2) is 17.6 Å². The third-order valence-electron chi connectivity index (χ3n) is 29.8. The average molecular weight is 1930 g/mol. The zero-order valence-corrected chi connectivity index (χ0v) is 92.1. The molecule has 0 spiro atoms. The van der Waals surface area contributed by atoms with E-state index in [1.54, 1.807) is 0 Å². The van der Waals surface area contributed by atoms with E-state index in [0.717, 1.165) is 51.4 Å². The first kappa shape index (κ1) is 104. The highest BCUT2D eigenvalue weighted by Crippen LogP contribution is 2.57. The number of hydrogen-bond donors (Lipinski definition) is 0. The first-order valence-electron chi connectivity index (χ1n) is 56.2. The number of rotatable bonds is 0. The first-order chi connectivity index (χ1) is 73.5. The Hall–Kier alpha value is -15.4. The molecule has 0 amide bonds. The summed E-state index contributed by atoms with van der Waals surface area (Å²) in [6, 6.07) is 127. The second-order valence-electron chi connectivity index (χ2n) is 35.8. The summed E-state index contributed by atoms with van der Waals surface area (Å²) in [4.78, 5) is 0. The van der Waals surface area contributed by atoms with Crippen LogP contribution in [0.1, 0.15) is 255 Å². The summed E-state index contributed by atoms with van der Waals surface area (Å²) in [5.74, 6) is 0. The molecule has 8 aliphatic rings. The maximum Gasteiger partial charge on any atom is 0.0541 e. The van der Waals surface area contributed by atoms with E-state index in [-0.39, 0.29) is 0 Å². The van der Waals surface area contributed by atoms with Gasteiger partial charge in [0.15, 0.2) is 0 Å². The topological polar surface area (TPSA) is 17.6 Å². The van der Waals surface area contributed by atoms with Gasteiger partial charge in [-0.2, -0.15) is 0 Å². The summed E-state index contributed by atoms with van der Waals surface area (Å²) in [5.41, 5.74) is 57.0. The van der Waals surface area contributed by atoms with E-state index < -0.39 is 0 Å². The Balaban J connectivity index is 0.000000126. The largest absolute Gasteiger partial charge is 0.316 e. The Morgan fingerprint density at radius 2 is 0.365 bits per heavy atom. The predicted molar refractivity (Wildman–Crippen MR) is 652 cm³/mol. The van der Waals surface area contributed by atoms with Gasteiger partial charge in [-0.15, -0.1) is 0 Å². The van der Waals surface area contributed by atoms with Gasteiger partial charge < -0.3 is 17.6 Å². The monoisotopic (exact) mass is 1930 g/mol. The van der Waals surface area contributed by atoms with E-state index in [0.29, 0.717) is 0 Å². The minimum absolute atomic E-state index is 1.01. The van der Waals surface area contributed by atoms with Crippen molar-refractivity contribution in [3.63, 3.8) is 0 Å². The molecule has 4 heteroatoms. The third kappa shape index (κ3) is 17.0. The van der Waals surface area contributed by atoms with E-state index in [4.69, 9.17) is 0 Å². The third-order valence-corrected chi connectivity index (χ3v) is 29.8. The van der Waals surface area contributed by atoms with Crippen molar-refractivity contribution in [3.05, 3.63) is 454 Å². The molecule has 8 heterocycles. The van der Waals surface area contributed by atoms with Crippen molar-refractivity contribution >= 4 is 109 Å². The van der Waals surface area contributed by atoms with Crippen LogP contribution in [0.2, 0.25) is 0 Å². The normalized spacial score (nSPS) is 11.8. The molecular formula is C144H148N4.